The Bertz CT molecular complexity index is 1110. The molecule has 4 aromatic rings. The topological polar surface area (TPSA) is 73.9 Å². The van der Waals surface area contributed by atoms with Crippen molar-refractivity contribution >= 4 is 26.7 Å². The smallest absolute Gasteiger partial charge is 0.416 e. The van der Waals surface area contributed by atoms with Crippen LogP contribution in [0.5, 0.6) is 11.6 Å². The van der Waals surface area contributed by atoms with Crippen LogP contribution in [0.2, 0.25) is 0 Å². The number of para-hydroxylation sites is 1. The van der Waals surface area contributed by atoms with E-state index in [-0.39, 0.29) is 5.88 Å². The number of halogens is 3. The van der Waals surface area contributed by atoms with Crippen LogP contribution in [0.4, 0.5) is 18.3 Å². The van der Waals surface area contributed by atoms with E-state index in [4.69, 9.17) is 10.5 Å². The number of nitrogens with two attached hydrogens (primary N) is 1. The molecule has 0 saturated heterocycles. The maximum atomic E-state index is 12.7. The lowest BCUT2D eigenvalue weighted by molar-refractivity contribution is -0.137. The fraction of sp³-hybridized carbons (Fsp3) is 0.0556. The molecule has 2 aromatic carbocycles. The highest BCUT2D eigenvalue weighted by Crippen LogP contribution is 2.34. The molecular formula is C18H11F3N4OS. The third-order valence-electron chi connectivity index (χ3n) is 3.73. The molecule has 0 aliphatic carbocycles. The number of thiazole rings is 1. The molecule has 0 bridgehead atoms. The minimum absolute atomic E-state index is 0.200. The van der Waals surface area contributed by atoms with Crippen LogP contribution in [0, 0.1) is 0 Å². The lowest BCUT2D eigenvalue weighted by Gasteiger charge is -2.09. The van der Waals surface area contributed by atoms with Gasteiger partial charge in [0.25, 0.3) is 0 Å². The molecular weight excluding hydrogens is 377 g/mol. The standard InChI is InChI=1S/C18H11F3N4OS/c19-18(20,21)11-6-4-10(5-7-11)12-8-23-9-15(24-12)26-13-2-1-3-14-16(13)25-17(22)27-14/h1-9H,(H2,22,25). The summed E-state index contributed by atoms with van der Waals surface area (Å²) >= 11 is 1.34. The molecule has 2 N–H and O–H groups in total. The first-order chi connectivity index (χ1) is 12.9. The monoisotopic (exact) mass is 388 g/mol. The van der Waals surface area contributed by atoms with Gasteiger partial charge in [0.05, 0.1) is 28.4 Å². The van der Waals surface area contributed by atoms with Gasteiger partial charge in [0.15, 0.2) is 10.9 Å². The van der Waals surface area contributed by atoms with E-state index in [1.807, 2.05) is 12.1 Å². The molecule has 0 amide bonds. The zero-order chi connectivity index (χ0) is 19.0. The van der Waals surface area contributed by atoms with Crippen molar-refractivity contribution in [2.75, 3.05) is 5.73 Å². The first-order valence-electron chi connectivity index (χ1n) is 7.73. The Hall–Kier alpha value is -3.20. The summed E-state index contributed by atoms with van der Waals surface area (Å²) in [4.78, 5) is 12.6. The number of alkyl halides is 3. The molecule has 0 unspecified atom stereocenters. The second-order valence-corrected chi connectivity index (χ2v) is 6.64. The first kappa shape index (κ1) is 17.2. The molecule has 0 atom stereocenters. The van der Waals surface area contributed by atoms with E-state index in [0.717, 1.165) is 16.8 Å². The molecule has 0 spiro atoms. The molecule has 27 heavy (non-hydrogen) atoms. The lowest BCUT2D eigenvalue weighted by atomic mass is 10.1. The van der Waals surface area contributed by atoms with Crippen LogP contribution in [-0.4, -0.2) is 15.0 Å². The van der Waals surface area contributed by atoms with E-state index in [2.05, 4.69) is 15.0 Å². The summed E-state index contributed by atoms with van der Waals surface area (Å²) in [5, 5.41) is 0.422. The van der Waals surface area contributed by atoms with Crippen molar-refractivity contribution in [3.05, 3.63) is 60.4 Å². The largest absolute Gasteiger partial charge is 0.435 e. The first-order valence-corrected chi connectivity index (χ1v) is 8.54. The van der Waals surface area contributed by atoms with Gasteiger partial charge in [0.1, 0.15) is 5.52 Å². The Morgan fingerprint density at radius 3 is 2.48 bits per heavy atom. The van der Waals surface area contributed by atoms with Gasteiger partial charge < -0.3 is 10.5 Å². The fourth-order valence-corrected chi connectivity index (χ4v) is 3.25. The van der Waals surface area contributed by atoms with Crippen molar-refractivity contribution in [2.24, 2.45) is 0 Å². The van der Waals surface area contributed by atoms with Crippen LogP contribution >= 0.6 is 11.3 Å². The summed E-state index contributed by atoms with van der Waals surface area (Å²) in [6.45, 7) is 0. The lowest BCUT2D eigenvalue weighted by Crippen LogP contribution is -2.04. The predicted octanol–water partition coefficient (Wildman–Crippen LogP) is 5.15. The number of aromatic nitrogens is 3. The van der Waals surface area contributed by atoms with Crippen molar-refractivity contribution in [1.82, 2.24) is 15.0 Å². The van der Waals surface area contributed by atoms with Crippen LogP contribution in [0.25, 0.3) is 21.5 Å². The van der Waals surface area contributed by atoms with Crippen molar-refractivity contribution in [1.29, 1.82) is 0 Å². The highest BCUT2D eigenvalue weighted by atomic mass is 32.1. The van der Waals surface area contributed by atoms with Crippen molar-refractivity contribution in [2.45, 2.75) is 6.18 Å². The van der Waals surface area contributed by atoms with E-state index in [0.29, 0.717) is 27.7 Å². The maximum Gasteiger partial charge on any atom is 0.416 e. The average molecular weight is 388 g/mol. The number of hydrogen-bond donors (Lipinski definition) is 1. The minimum atomic E-state index is -4.39. The molecule has 5 nitrogen and oxygen atoms in total. The summed E-state index contributed by atoms with van der Waals surface area (Å²) in [6.07, 6.45) is -1.51. The quantitative estimate of drug-likeness (QED) is 0.526. The van der Waals surface area contributed by atoms with Crippen molar-refractivity contribution in [3.8, 4) is 22.9 Å². The minimum Gasteiger partial charge on any atom is -0.435 e. The van der Waals surface area contributed by atoms with Gasteiger partial charge in [-0.25, -0.2) is 9.97 Å². The Morgan fingerprint density at radius 1 is 0.963 bits per heavy atom. The highest BCUT2D eigenvalue weighted by molar-refractivity contribution is 7.22. The van der Waals surface area contributed by atoms with Crippen LogP contribution in [0.1, 0.15) is 5.56 Å². The van der Waals surface area contributed by atoms with E-state index >= 15 is 0 Å². The number of ether oxygens (including phenoxy) is 1. The van der Waals surface area contributed by atoms with E-state index in [1.165, 1.54) is 35.9 Å². The van der Waals surface area contributed by atoms with Crippen LogP contribution < -0.4 is 10.5 Å². The van der Waals surface area contributed by atoms with Crippen LogP contribution in [0.3, 0.4) is 0 Å². The summed E-state index contributed by atoms with van der Waals surface area (Å²) in [7, 11) is 0. The zero-order valence-corrected chi connectivity index (χ0v) is 14.4. The summed E-state index contributed by atoms with van der Waals surface area (Å²) in [6, 6.07) is 10.1. The van der Waals surface area contributed by atoms with Gasteiger partial charge in [-0.2, -0.15) is 13.2 Å². The number of anilines is 1. The number of benzene rings is 2. The molecule has 2 heterocycles. The Morgan fingerprint density at radius 2 is 1.74 bits per heavy atom. The van der Waals surface area contributed by atoms with Gasteiger partial charge in [-0.3, -0.25) is 4.98 Å². The van der Waals surface area contributed by atoms with E-state index in [1.54, 1.807) is 6.07 Å². The van der Waals surface area contributed by atoms with Crippen molar-refractivity contribution in [3.63, 3.8) is 0 Å². The number of hydrogen-bond acceptors (Lipinski definition) is 6. The number of rotatable bonds is 3. The molecule has 0 saturated carbocycles. The van der Waals surface area contributed by atoms with Crippen LogP contribution in [-0.2, 0) is 6.18 Å². The molecule has 0 aliphatic rings. The molecule has 9 heteroatoms. The molecule has 0 aliphatic heterocycles. The maximum absolute atomic E-state index is 12.7. The second-order valence-electron chi connectivity index (χ2n) is 5.57. The number of nitrogens with zero attached hydrogens (tertiary/aromatic N) is 3. The van der Waals surface area contributed by atoms with Crippen molar-refractivity contribution < 1.29 is 17.9 Å². The predicted molar refractivity (Wildman–Crippen MR) is 96.6 cm³/mol. The zero-order valence-electron chi connectivity index (χ0n) is 13.6. The fourth-order valence-electron chi connectivity index (χ4n) is 2.50. The van der Waals surface area contributed by atoms with E-state index in [9.17, 15) is 13.2 Å². The average Bonchev–Trinajstić information content (AvgIpc) is 3.03. The van der Waals surface area contributed by atoms with Gasteiger partial charge in [-0.15, -0.1) is 0 Å². The van der Waals surface area contributed by atoms with Gasteiger partial charge >= 0.3 is 6.18 Å². The highest BCUT2D eigenvalue weighted by Gasteiger charge is 2.30. The normalized spacial score (nSPS) is 11.7. The van der Waals surface area contributed by atoms with Gasteiger partial charge in [0, 0.05) is 5.56 Å². The van der Waals surface area contributed by atoms with Gasteiger partial charge in [-0.05, 0) is 24.3 Å². The summed E-state index contributed by atoms with van der Waals surface area (Å²) in [5.74, 6) is 0.672. The molecule has 0 radical (unpaired) electrons. The molecule has 4 rings (SSSR count). The summed E-state index contributed by atoms with van der Waals surface area (Å²) in [5.41, 5.74) is 6.52. The third-order valence-corrected chi connectivity index (χ3v) is 4.58. The molecule has 136 valence electrons. The molecule has 2 aromatic heterocycles. The Labute approximate surface area is 155 Å². The Balaban J connectivity index is 1.64. The van der Waals surface area contributed by atoms with Crippen LogP contribution in [0.15, 0.2) is 54.9 Å². The van der Waals surface area contributed by atoms with E-state index < -0.39 is 11.7 Å². The van der Waals surface area contributed by atoms with Gasteiger partial charge in [0.2, 0.25) is 5.88 Å². The number of nitrogen functional groups attached to an aromatic ring is 1. The van der Waals surface area contributed by atoms with Gasteiger partial charge in [-0.1, -0.05) is 29.5 Å². The number of fused-ring (bicyclic) bond motifs is 1. The molecule has 0 fully saturated rings. The SMILES string of the molecule is Nc1nc2c(Oc3cncc(-c4ccc(C(F)(F)F)cc4)n3)cccc2s1. The Kier molecular flexibility index (Phi) is 4.15. The second kappa shape index (κ2) is 6.51. The third kappa shape index (κ3) is 3.54. The summed E-state index contributed by atoms with van der Waals surface area (Å²) < 4.78 is 44.7.